The van der Waals surface area contributed by atoms with E-state index in [1.54, 1.807) is 7.11 Å². The highest BCUT2D eigenvalue weighted by Gasteiger charge is 2.12. The SMILES string of the molecule is CCNCc1nc(-c2cc(OC)ccc2Br)no1. The van der Waals surface area contributed by atoms with E-state index in [0.717, 1.165) is 22.3 Å². The molecule has 0 aliphatic heterocycles. The van der Waals surface area contributed by atoms with Crippen LogP contribution in [0, 0.1) is 0 Å². The molecule has 0 aliphatic carbocycles. The Bertz CT molecular complexity index is 528. The van der Waals surface area contributed by atoms with Gasteiger partial charge in [-0.3, -0.25) is 0 Å². The van der Waals surface area contributed by atoms with Crippen LogP contribution < -0.4 is 10.1 Å². The highest BCUT2D eigenvalue weighted by molar-refractivity contribution is 9.10. The molecule has 0 bridgehead atoms. The topological polar surface area (TPSA) is 60.2 Å². The summed E-state index contributed by atoms with van der Waals surface area (Å²) in [7, 11) is 1.62. The number of methoxy groups -OCH3 is 1. The third-order valence-corrected chi connectivity index (χ3v) is 3.10. The largest absolute Gasteiger partial charge is 0.497 e. The van der Waals surface area contributed by atoms with Gasteiger partial charge in [-0.05, 0) is 24.7 Å². The minimum atomic E-state index is 0.550. The zero-order valence-electron chi connectivity index (χ0n) is 10.2. The van der Waals surface area contributed by atoms with Crippen LogP contribution in [-0.2, 0) is 6.54 Å². The Hall–Kier alpha value is -1.40. The van der Waals surface area contributed by atoms with Crippen LogP contribution in [0.5, 0.6) is 5.75 Å². The van der Waals surface area contributed by atoms with Gasteiger partial charge >= 0.3 is 0 Å². The first kappa shape index (κ1) is 13.0. The fraction of sp³-hybridized carbons (Fsp3) is 0.333. The van der Waals surface area contributed by atoms with Gasteiger partial charge in [0.05, 0.1) is 13.7 Å². The second-order valence-electron chi connectivity index (χ2n) is 3.64. The van der Waals surface area contributed by atoms with Crippen LogP contribution in [0.15, 0.2) is 27.2 Å². The van der Waals surface area contributed by atoms with Crippen LogP contribution in [0.1, 0.15) is 12.8 Å². The maximum Gasteiger partial charge on any atom is 0.240 e. The fourth-order valence-electron chi connectivity index (χ4n) is 1.47. The van der Waals surface area contributed by atoms with Crippen LogP contribution in [0.25, 0.3) is 11.4 Å². The summed E-state index contributed by atoms with van der Waals surface area (Å²) in [5, 5.41) is 7.10. The molecule has 0 saturated heterocycles. The third-order valence-electron chi connectivity index (χ3n) is 2.41. The van der Waals surface area contributed by atoms with Gasteiger partial charge in [-0.15, -0.1) is 0 Å². The van der Waals surface area contributed by atoms with Crippen molar-refractivity contribution in [1.29, 1.82) is 0 Å². The number of benzene rings is 1. The number of nitrogens with one attached hydrogen (secondary N) is 1. The van der Waals surface area contributed by atoms with Crippen molar-refractivity contribution in [3.8, 4) is 17.1 Å². The number of hydrogen-bond acceptors (Lipinski definition) is 5. The first-order valence-corrected chi connectivity index (χ1v) is 6.41. The molecule has 5 nitrogen and oxygen atoms in total. The molecule has 0 amide bonds. The van der Waals surface area contributed by atoms with E-state index >= 15 is 0 Å². The Kier molecular flexibility index (Phi) is 4.33. The Morgan fingerprint density at radius 2 is 2.28 bits per heavy atom. The maximum absolute atomic E-state index is 5.18. The Balaban J connectivity index is 2.27. The fourth-order valence-corrected chi connectivity index (χ4v) is 1.89. The van der Waals surface area contributed by atoms with E-state index in [9.17, 15) is 0 Å². The number of nitrogens with zero attached hydrogens (tertiary/aromatic N) is 2. The summed E-state index contributed by atoms with van der Waals surface area (Å²) in [6.45, 7) is 3.46. The van der Waals surface area contributed by atoms with Crippen LogP contribution in [0.4, 0.5) is 0 Å². The van der Waals surface area contributed by atoms with Gasteiger partial charge in [0, 0.05) is 10.0 Å². The molecule has 0 atom stereocenters. The highest BCUT2D eigenvalue weighted by Crippen LogP contribution is 2.29. The highest BCUT2D eigenvalue weighted by atomic mass is 79.9. The number of halogens is 1. The molecule has 0 unspecified atom stereocenters. The quantitative estimate of drug-likeness (QED) is 0.919. The van der Waals surface area contributed by atoms with Crippen LogP contribution in [-0.4, -0.2) is 23.8 Å². The lowest BCUT2D eigenvalue weighted by Crippen LogP contribution is -2.11. The summed E-state index contributed by atoms with van der Waals surface area (Å²) in [6, 6.07) is 5.63. The van der Waals surface area contributed by atoms with E-state index in [1.165, 1.54) is 0 Å². The summed E-state index contributed by atoms with van der Waals surface area (Å²) >= 11 is 3.47. The Morgan fingerprint density at radius 1 is 1.44 bits per heavy atom. The van der Waals surface area contributed by atoms with Gasteiger partial charge in [0.25, 0.3) is 0 Å². The van der Waals surface area contributed by atoms with Crippen LogP contribution >= 0.6 is 15.9 Å². The predicted molar refractivity (Wildman–Crippen MR) is 71.4 cm³/mol. The van der Waals surface area contributed by atoms with Gasteiger partial charge in [0.15, 0.2) is 0 Å². The molecule has 0 spiro atoms. The van der Waals surface area contributed by atoms with Gasteiger partial charge in [0.1, 0.15) is 5.75 Å². The molecule has 1 N–H and O–H groups in total. The van der Waals surface area contributed by atoms with Crippen molar-refractivity contribution >= 4 is 15.9 Å². The lowest BCUT2D eigenvalue weighted by Gasteiger charge is -2.03. The molecule has 6 heteroatoms. The van der Waals surface area contributed by atoms with Crippen molar-refractivity contribution in [3.63, 3.8) is 0 Å². The molecule has 0 saturated carbocycles. The number of ether oxygens (including phenoxy) is 1. The van der Waals surface area contributed by atoms with E-state index in [-0.39, 0.29) is 0 Å². The summed E-state index contributed by atoms with van der Waals surface area (Å²) in [6.07, 6.45) is 0. The monoisotopic (exact) mass is 311 g/mol. The van der Waals surface area contributed by atoms with Gasteiger partial charge in [-0.25, -0.2) is 0 Å². The lowest BCUT2D eigenvalue weighted by molar-refractivity contribution is 0.369. The van der Waals surface area contributed by atoms with Crippen molar-refractivity contribution in [2.45, 2.75) is 13.5 Å². The minimum absolute atomic E-state index is 0.550. The smallest absolute Gasteiger partial charge is 0.240 e. The van der Waals surface area contributed by atoms with E-state index in [4.69, 9.17) is 9.26 Å². The van der Waals surface area contributed by atoms with E-state index in [1.807, 2.05) is 25.1 Å². The maximum atomic E-state index is 5.18. The number of aromatic nitrogens is 2. The molecule has 0 fully saturated rings. The van der Waals surface area contributed by atoms with Gasteiger partial charge < -0.3 is 14.6 Å². The van der Waals surface area contributed by atoms with Crippen molar-refractivity contribution < 1.29 is 9.26 Å². The molecule has 0 radical (unpaired) electrons. The average molecular weight is 312 g/mol. The molecule has 2 rings (SSSR count). The van der Waals surface area contributed by atoms with E-state index in [0.29, 0.717) is 18.3 Å². The first-order valence-electron chi connectivity index (χ1n) is 5.61. The minimum Gasteiger partial charge on any atom is -0.497 e. The molecule has 1 aromatic carbocycles. The molecule has 1 aromatic heterocycles. The Labute approximate surface area is 114 Å². The summed E-state index contributed by atoms with van der Waals surface area (Å²) < 4.78 is 11.3. The molecular formula is C12H14BrN3O2. The average Bonchev–Trinajstić information content (AvgIpc) is 2.85. The standard InChI is InChI=1S/C12H14BrN3O2/c1-3-14-7-11-15-12(16-18-11)9-6-8(17-2)4-5-10(9)13/h4-6,14H,3,7H2,1-2H3. The summed E-state index contributed by atoms with van der Waals surface area (Å²) in [5.74, 6) is 1.88. The summed E-state index contributed by atoms with van der Waals surface area (Å²) in [4.78, 5) is 4.33. The molecule has 2 aromatic rings. The van der Waals surface area contributed by atoms with Crippen molar-refractivity contribution in [3.05, 3.63) is 28.6 Å². The third kappa shape index (κ3) is 2.88. The molecular weight excluding hydrogens is 298 g/mol. The van der Waals surface area contributed by atoms with E-state index in [2.05, 4.69) is 31.4 Å². The second kappa shape index (κ2) is 5.97. The summed E-state index contributed by atoms with van der Waals surface area (Å²) in [5.41, 5.74) is 0.848. The molecule has 0 aliphatic rings. The predicted octanol–water partition coefficient (Wildman–Crippen LogP) is 2.62. The van der Waals surface area contributed by atoms with Gasteiger partial charge in [-0.2, -0.15) is 4.98 Å². The van der Waals surface area contributed by atoms with Crippen LogP contribution in [0.3, 0.4) is 0 Å². The van der Waals surface area contributed by atoms with Crippen molar-refractivity contribution in [2.75, 3.05) is 13.7 Å². The normalized spacial score (nSPS) is 10.6. The van der Waals surface area contributed by atoms with Crippen molar-refractivity contribution in [1.82, 2.24) is 15.5 Å². The molecule has 18 heavy (non-hydrogen) atoms. The van der Waals surface area contributed by atoms with Gasteiger partial charge in [-0.1, -0.05) is 28.0 Å². The molecule has 96 valence electrons. The Morgan fingerprint density at radius 3 is 3.00 bits per heavy atom. The number of rotatable bonds is 5. The number of hydrogen-bond donors (Lipinski definition) is 1. The lowest BCUT2D eigenvalue weighted by atomic mass is 10.2. The van der Waals surface area contributed by atoms with Crippen molar-refractivity contribution in [2.24, 2.45) is 0 Å². The van der Waals surface area contributed by atoms with Gasteiger partial charge in [0.2, 0.25) is 11.7 Å². The first-order chi connectivity index (χ1) is 8.74. The molecule has 1 heterocycles. The van der Waals surface area contributed by atoms with E-state index < -0.39 is 0 Å². The zero-order chi connectivity index (χ0) is 13.0. The zero-order valence-corrected chi connectivity index (χ0v) is 11.8. The van der Waals surface area contributed by atoms with Crippen LogP contribution in [0.2, 0.25) is 0 Å². The second-order valence-corrected chi connectivity index (χ2v) is 4.49.